The first kappa shape index (κ1) is 23.4. The van der Waals surface area contributed by atoms with Crippen LogP contribution in [0.1, 0.15) is 47.0 Å². The number of carbonyl (C=O) groups excluding carboxylic acids is 3. The number of carbonyl (C=O) groups is 3. The summed E-state index contributed by atoms with van der Waals surface area (Å²) in [5, 5.41) is 30.4. The molecular formula is C21H28O10. The van der Waals surface area contributed by atoms with Gasteiger partial charge >= 0.3 is 17.9 Å². The maximum absolute atomic E-state index is 12.6. The Labute approximate surface area is 179 Å². The second-order valence-electron chi connectivity index (χ2n) is 8.79. The molecule has 1 fully saturated rings. The highest BCUT2D eigenvalue weighted by molar-refractivity contribution is 5.95. The average Bonchev–Trinajstić information content (AvgIpc) is 3.15. The van der Waals surface area contributed by atoms with Crippen LogP contribution in [-0.4, -0.2) is 69.5 Å². The van der Waals surface area contributed by atoms with Crippen LogP contribution < -0.4 is 0 Å². The molecule has 10 heteroatoms. The fourth-order valence-electron chi connectivity index (χ4n) is 3.96. The van der Waals surface area contributed by atoms with Crippen molar-refractivity contribution >= 4 is 17.9 Å². The lowest BCUT2D eigenvalue weighted by atomic mass is 9.85. The molecule has 0 aromatic carbocycles. The quantitative estimate of drug-likeness (QED) is 0.401. The summed E-state index contributed by atoms with van der Waals surface area (Å²) in [4.78, 5) is 36.4. The van der Waals surface area contributed by atoms with Crippen molar-refractivity contribution in [1.29, 1.82) is 0 Å². The lowest BCUT2D eigenvalue weighted by Gasteiger charge is -2.33. The summed E-state index contributed by atoms with van der Waals surface area (Å²) < 4.78 is 21.8. The first-order chi connectivity index (χ1) is 14.3. The fourth-order valence-corrected chi connectivity index (χ4v) is 3.96. The van der Waals surface area contributed by atoms with E-state index in [1.54, 1.807) is 19.9 Å². The molecule has 31 heavy (non-hydrogen) atoms. The Morgan fingerprint density at radius 1 is 1.35 bits per heavy atom. The van der Waals surface area contributed by atoms with E-state index in [9.17, 15) is 29.7 Å². The van der Waals surface area contributed by atoms with E-state index < -0.39 is 60.1 Å². The molecule has 0 radical (unpaired) electrons. The van der Waals surface area contributed by atoms with Crippen LogP contribution in [0.25, 0.3) is 0 Å². The Balaban J connectivity index is 2.11. The summed E-state index contributed by atoms with van der Waals surface area (Å²) in [5.41, 5.74) is -2.95. The van der Waals surface area contributed by atoms with Crippen LogP contribution in [0, 0.1) is 5.92 Å². The van der Waals surface area contributed by atoms with Crippen LogP contribution >= 0.6 is 0 Å². The molecule has 0 aromatic rings. The predicted octanol–water partition coefficient (Wildman–Crippen LogP) is 0.239. The molecule has 3 rings (SSSR count). The predicted molar refractivity (Wildman–Crippen MR) is 103 cm³/mol. The SMILES string of the molecule is CC(=O)OCC1=C2C(=CC3(C)CCC(O)(O3)C(C)CC2OC(=O)C(C)(O)CO)OC1=O. The molecule has 0 aliphatic carbocycles. The van der Waals surface area contributed by atoms with E-state index in [0.29, 0.717) is 12.8 Å². The standard InChI is InChI=1S/C21H28O10/c1-11-7-14(30-18(25)20(4,26)10-22)16-13(9-28-12(2)23)17(24)29-15(16)8-19(3)5-6-21(11,27)31-19/h8,11,14,22,26-27H,5-7,9-10H2,1-4H3. The topological polar surface area (TPSA) is 149 Å². The van der Waals surface area contributed by atoms with Crippen molar-refractivity contribution in [2.75, 3.05) is 13.2 Å². The van der Waals surface area contributed by atoms with Crippen molar-refractivity contribution in [2.24, 2.45) is 5.92 Å². The number of ether oxygens (including phenoxy) is 4. The highest BCUT2D eigenvalue weighted by Gasteiger charge is 2.52. The zero-order chi connectivity index (χ0) is 23.2. The average molecular weight is 440 g/mol. The van der Waals surface area contributed by atoms with Gasteiger partial charge in [-0.2, -0.15) is 0 Å². The zero-order valence-electron chi connectivity index (χ0n) is 18.0. The second-order valence-corrected chi connectivity index (χ2v) is 8.79. The number of hydrogen-bond acceptors (Lipinski definition) is 10. The summed E-state index contributed by atoms with van der Waals surface area (Å²) in [6.07, 6.45) is 1.20. The summed E-state index contributed by atoms with van der Waals surface area (Å²) in [7, 11) is 0. The molecule has 3 aliphatic heterocycles. The minimum Gasteiger partial charge on any atom is -0.461 e. The summed E-state index contributed by atoms with van der Waals surface area (Å²) in [5.74, 6) is -4.46. The van der Waals surface area contributed by atoms with Crippen molar-refractivity contribution in [3.8, 4) is 0 Å². The minimum atomic E-state index is -2.18. The van der Waals surface area contributed by atoms with Crippen LogP contribution in [0.15, 0.2) is 23.0 Å². The number of fused-ring (bicyclic) bond motifs is 3. The molecule has 3 aliphatic rings. The van der Waals surface area contributed by atoms with Crippen LogP contribution in [0.3, 0.4) is 0 Å². The smallest absolute Gasteiger partial charge is 0.343 e. The molecule has 0 amide bonds. The number of esters is 3. The van der Waals surface area contributed by atoms with E-state index >= 15 is 0 Å². The van der Waals surface area contributed by atoms with Crippen molar-refractivity contribution in [3.05, 3.63) is 23.0 Å². The third kappa shape index (κ3) is 4.52. The zero-order valence-corrected chi connectivity index (χ0v) is 18.0. The van der Waals surface area contributed by atoms with Gasteiger partial charge in [-0.05, 0) is 32.8 Å². The summed E-state index contributed by atoms with van der Waals surface area (Å²) in [6, 6.07) is 0. The Kier molecular flexibility index (Phi) is 6.05. The molecule has 3 N–H and O–H groups in total. The molecule has 3 heterocycles. The van der Waals surface area contributed by atoms with Gasteiger partial charge in [-0.3, -0.25) is 4.79 Å². The number of aliphatic hydroxyl groups excluding tert-OH is 1. The lowest BCUT2D eigenvalue weighted by Crippen LogP contribution is -2.44. The van der Waals surface area contributed by atoms with Gasteiger partial charge in [-0.1, -0.05) is 6.92 Å². The lowest BCUT2D eigenvalue weighted by molar-refractivity contribution is -0.239. The largest absolute Gasteiger partial charge is 0.461 e. The van der Waals surface area contributed by atoms with E-state index in [1.807, 2.05) is 0 Å². The molecule has 10 nitrogen and oxygen atoms in total. The Bertz CT molecular complexity index is 856. The van der Waals surface area contributed by atoms with Crippen molar-refractivity contribution < 1.29 is 48.7 Å². The second kappa shape index (κ2) is 8.01. The van der Waals surface area contributed by atoms with Gasteiger partial charge in [0.25, 0.3) is 0 Å². The van der Waals surface area contributed by atoms with Gasteiger partial charge in [0.1, 0.15) is 18.5 Å². The molecule has 5 atom stereocenters. The van der Waals surface area contributed by atoms with Gasteiger partial charge in [-0.25, -0.2) is 9.59 Å². The highest BCUT2D eigenvalue weighted by atomic mass is 16.6. The van der Waals surface area contributed by atoms with Crippen molar-refractivity contribution in [2.45, 2.75) is 70.1 Å². The molecule has 172 valence electrons. The van der Waals surface area contributed by atoms with E-state index in [0.717, 1.165) is 6.92 Å². The maximum atomic E-state index is 12.6. The molecule has 0 spiro atoms. The van der Waals surface area contributed by atoms with E-state index in [-0.39, 0.29) is 23.3 Å². The van der Waals surface area contributed by atoms with Crippen LogP contribution in [0.5, 0.6) is 0 Å². The highest BCUT2D eigenvalue weighted by Crippen LogP contribution is 2.47. The Hall–Kier alpha value is -2.27. The molecule has 0 aromatic heterocycles. The minimum absolute atomic E-state index is 0.0107. The Morgan fingerprint density at radius 2 is 2.03 bits per heavy atom. The van der Waals surface area contributed by atoms with Crippen LogP contribution in [-0.2, 0) is 33.3 Å². The third-order valence-electron chi connectivity index (χ3n) is 5.94. The van der Waals surface area contributed by atoms with Gasteiger partial charge in [-0.15, -0.1) is 0 Å². The third-order valence-corrected chi connectivity index (χ3v) is 5.94. The maximum Gasteiger partial charge on any atom is 0.343 e. The van der Waals surface area contributed by atoms with Crippen molar-refractivity contribution in [3.63, 3.8) is 0 Å². The van der Waals surface area contributed by atoms with Gasteiger partial charge in [0.15, 0.2) is 11.4 Å². The first-order valence-corrected chi connectivity index (χ1v) is 10.1. The molecular weight excluding hydrogens is 412 g/mol. The molecule has 0 saturated carbocycles. The summed E-state index contributed by atoms with van der Waals surface area (Å²) in [6.45, 7) is 4.45. The van der Waals surface area contributed by atoms with Crippen LogP contribution in [0.4, 0.5) is 0 Å². The van der Waals surface area contributed by atoms with E-state index in [1.165, 1.54) is 6.92 Å². The van der Waals surface area contributed by atoms with Gasteiger partial charge in [0.2, 0.25) is 0 Å². The first-order valence-electron chi connectivity index (χ1n) is 10.1. The van der Waals surface area contributed by atoms with E-state index in [2.05, 4.69) is 0 Å². The van der Waals surface area contributed by atoms with Crippen molar-refractivity contribution in [1.82, 2.24) is 0 Å². The van der Waals surface area contributed by atoms with Gasteiger partial charge in [0.05, 0.1) is 17.8 Å². The molecule has 1 saturated heterocycles. The van der Waals surface area contributed by atoms with Gasteiger partial charge in [0, 0.05) is 24.8 Å². The number of rotatable bonds is 5. The van der Waals surface area contributed by atoms with E-state index in [4.69, 9.17) is 18.9 Å². The monoisotopic (exact) mass is 440 g/mol. The summed E-state index contributed by atoms with van der Waals surface area (Å²) >= 11 is 0. The Morgan fingerprint density at radius 3 is 2.65 bits per heavy atom. The molecule has 5 unspecified atom stereocenters. The van der Waals surface area contributed by atoms with Crippen LogP contribution in [0.2, 0.25) is 0 Å². The van der Waals surface area contributed by atoms with Gasteiger partial charge < -0.3 is 34.3 Å². The number of hydrogen-bond donors (Lipinski definition) is 3. The normalized spacial score (nSPS) is 34.5. The molecule has 2 bridgehead atoms. The number of aliphatic hydroxyl groups is 3. The fraction of sp³-hybridized carbons (Fsp3) is 0.667.